The minimum atomic E-state index is -3.92. The van der Waals surface area contributed by atoms with Crippen molar-refractivity contribution in [3.05, 3.63) is 81.6 Å². The fourth-order valence-electron chi connectivity index (χ4n) is 2.71. The van der Waals surface area contributed by atoms with Gasteiger partial charge in [0, 0.05) is 17.3 Å². The van der Waals surface area contributed by atoms with E-state index in [4.69, 9.17) is 0 Å². The number of amides is 1. The van der Waals surface area contributed by atoms with Gasteiger partial charge in [0.05, 0.1) is 5.39 Å². The zero-order chi connectivity index (χ0) is 20.9. The van der Waals surface area contributed by atoms with Crippen LogP contribution in [0.2, 0.25) is 0 Å². The van der Waals surface area contributed by atoms with Crippen molar-refractivity contribution in [2.75, 3.05) is 0 Å². The summed E-state index contributed by atoms with van der Waals surface area (Å²) in [5.74, 6) is -0.761. The van der Waals surface area contributed by atoms with Gasteiger partial charge in [-0.2, -0.15) is 5.10 Å². The van der Waals surface area contributed by atoms with Crippen LogP contribution in [0.1, 0.15) is 29.4 Å². The molecule has 2 N–H and O–H groups in total. The van der Waals surface area contributed by atoms with Gasteiger partial charge in [0.15, 0.2) is 5.69 Å². The quantitative estimate of drug-likeness (QED) is 0.577. The van der Waals surface area contributed by atoms with Crippen LogP contribution in [0.25, 0.3) is 16.8 Å². The van der Waals surface area contributed by atoms with E-state index < -0.39 is 15.9 Å². The Balaban J connectivity index is 1.84. The van der Waals surface area contributed by atoms with Gasteiger partial charge in [0.2, 0.25) is 0 Å². The van der Waals surface area contributed by atoms with E-state index in [2.05, 4.69) is 10.5 Å². The lowest BCUT2D eigenvalue weighted by atomic mass is 10.1. The molecule has 3 rings (SSSR count). The molecule has 1 aromatic heterocycles. The number of aryl methyl sites for hydroxylation is 1. The van der Waals surface area contributed by atoms with E-state index in [9.17, 15) is 18.0 Å². The summed E-state index contributed by atoms with van der Waals surface area (Å²) >= 11 is 0. The van der Waals surface area contributed by atoms with E-state index in [1.165, 1.54) is 10.8 Å². The van der Waals surface area contributed by atoms with Crippen LogP contribution < -0.4 is 15.8 Å². The fourth-order valence-corrected chi connectivity index (χ4v) is 3.35. The Hall–Kier alpha value is -3.30. The van der Waals surface area contributed by atoms with Crippen LogP contribution in [0.5, 0.6) is 0 Å². The van der Waals surface area contributed by atoms with Crippen LogP contribution in [-0.2, 0) is 16.6 Å². The topological polar surface area (TPSA) is 110 Å². The smallest absolute Gasteiger partial charge is 0.272 e. The van der Waals surface area contributed by atoms with Crippen molar-refractivity contribution in [1.82, 2.24) is 20.0 Å². The first kappa shape index (κ1) is 20.4. The number of benzene rings is 2. The zero-order valence-corrected chi connectivity index (χ0v) is 16.5. The van der Waals surface area contributed by atoms with Crippen molar-refractivity contribution in [1.29, 1.82) is 0 Å². The summed E-state index contributed by atoms with van der Waals surface area (Å²) in [5.41, 5.74) is 2.51. The number of nitrogens with zero attached hydrogens (tertiary/aromatic N) is 2. The molecule has 2 aromatic carbocycles. The van der Waals surface area contributed by atoms with Crippen molar-refractivity contribution >= 4 is 32.8 Å². The number of hydrogen-bond acceptors (Lipinski definition) is 5. The third-order valence-electron chi connectivity index (χ3n) is 4.06. The number of hydrogen-bond donors (Lipinski definition) is 2. The summed E-state index contributed by atoms with van der Waals surface area (Å²) in [5, 5.41) is 5.76. The number of hydrazine groups is 1. The minimum Gasteiger partial charge on any atom is -0.272 e. The summed E-state index contributed by atoms with van der Waals surface area (Å²) in [6.45, 7) is 2.23. The number of carbonyl (C=O) groups excluding carboxylic acids is 1. The van der Waals surface area contributed by atoms with Gasteiger partial charge >= 0.3 is 0 Å². The largest absolute Gasteiger partial charge is 0.287 e. The monoisotopic (exact) mass is 412 g/mol. The molecule has 0 saturated carbocycles. The number of sulfonamides is 1. The molecule has 0 spiro atoms. The van der Waals surface area contributed by atoms with E-state index in [1.54, 1.807) is 48.5 Å². The van der Waals surface area contributed by atoms with E-state index in [-0.39, 0.29) is 11.3 Å². The Morgan fingerprint density at radius 2 is 1.72 bits per heavy atom. The summed E-state index contributed by atoms with van der Waals surface area (Å²) in [4.78, 5) is 27.1. The number of aromatic nitrogens is 2. The van der Waals surface area contributed by atoms with Crippen molar-refractivity contribution in [3.8, 4) is 0 Å². The van der Waals surface area contributed by atoms with Gasteiger partial charge in [-0.15, -0.1) is 4.83 Å². The van der Waals surface area contributed by atoms with E-state index in [0.29, 0.717) is 29.3 Å². The van der Waals surface area contributed by atoms with Crippen molar-refractivity contribution < 1.29 is 13.2 Å². The SMILES string of the molecule is CCCn1nc(C(=O)NNS(=O)(=O)/C=C/c2ccccc2)c2ccccc2c1=O. The van der Waals surface area contributed by atoms with Crippen molar-refractivity contribution in [3.63, 3.8) is 0 Å². The number of carbonyl (C=O) groups is 1. The maximum absolute atomic E-state index is 12.6. The molecular weight excluding hydrogens is 392 g/mol. The first-order valence-electron chi connectivity index (χ1n) is 8.96. The Bertz CT molecular complexity index is 1220. The second-order valence-corrected chi connectivity index (χ2v) is 7.80. The van der Waals surface area contributed by atoms with E-state index in [1.807, 2.05) is 17.8 Å². The maximum atomic E-state index is 12.6. The normalized spacial score (nSPS) is 11.8. The maximum Gasteiger partial charge on any atom is 0.287 e. The standard InChI is InChI=1S/C20H20N4O4S/c1-2-13-24-20(26)17-11-7-6-10-16(17)18(22-24)19(25)21-23-29(27,28)14-12-15-8-4-3-5-9-15/h3-12,14,23H,2,13H2,1H3,(H,21,25)/b14-12+. The predicted octanol–water partition coefficient (Wildman–Crippen LogP) is 2.04. The Kier molecular flexibility index (Phi) is 6.20. The Morgan fingerprint density at radius 3 is 2.41 bits per heavy atom. The molecule has 0 bridgehead atoms. The first-order valence-corrected chi connectivity index (χ1v) is 10.5. The van der Waals surface area contributed by atoms with Crippen LogP contribution in [-0.4, -0.2) is 24.1 Å². The van der Waals surface area contributed by atoms with Crippen molar-refractivity contribution in [2.24, 2.45) is 0 Å². The molecule has 3 aromatic rings. The van der Waals surface area contributed by atoms with Gasteiger partial charge in [-0.05, 0) is 24.1 Å². The molecule has 0 unspecified atom stereocenters. The van der Waals surface area contributed by atoms with Crippen LogP contribution in [0.15, 0.2) is 64.8 Å². The van der Waals surface area contributed by atoms with Gasteiger partial charge in [0.1, 0.15) is 0 Å². The molecule has 150 valence electrons. The van der Waals surface area contributed by atoms with E-state index >= 15 is 0 Å². The number of rotatable bonds is 7. The van der Waals surface area contributed by atoms with E-state index in [0.717, 1.165) is 5.41 Å². The van der Waals surface area contributed by atoms with Crippen LogP contribution in [0, 0.1) is 0 Å². The molecule has 0 saturated heterocycles. The molecule has 0 fully saturated rings. The van der Waals surface area contributed by atoms with Crippen molar-refractivity contribution in [2.45, 2.75) is 19.9 Å². The second-order valence-electron chi connectivity index (χ2n) is 6.24. The molecule has 8 nitrogen and oxygen atoms in total. The molecule has 0 atom stereocenters. The molecule has 29 heavy (non-hydrogen) atoms. The third-order valence-corrected chi connectivity index (χ3v) is 4.95. The zero-order valence-electron chi connectivity index (χ0n) is 15.7. The van der Waals surface area contributed by atoms with Crippen LogP contribution >= 0.6 is 0 Å². The number of fused-ring (bicyclic) bond motifs is 1. The lowest BCUT2D eigenvalue weighted by molar-refractivity contribution is 0.0939. The second kappa shape index (κ2) is 8.80. The fraction of sp³-hybridized carbons (Fsp3) is 0.150. The number of nitrogens with one attached hydrogen (secondary N) is 2. The van der Waals surface area contributed by atoms with Gasteiger partial charge < -0.3 is 0 Å². The highest BCUT2D eigenvalue weighted by atomic mass is 32.2. The van der Waals surface area contributed by atoms with Gasteiger partial charge in [-0.3, -0.25) is 15.0 Å². The highest BCUT2D eigenvalue weighted by molar-refractivity contribution is 7.92. The first-order chi connectivity index (χ1) is 13.9. The molecule has 0 aliphatic rings. The average molecular weight is 412 g/mol. The minimum absolute atomic E-state index is 0.0385. The molecule has 9 heteroatoms. The summed E-state index contributed by atoms with van der Waals surface area (Å²) in [7, 11) is -3.92. The van der Waals surface area contributed by atoms with Gasteiger partial charge in [-0.25, -0.2) is 13.1 Å². The lowest BCUT2D eigenvalue weighted by Gasteiger charge is -2.11. The molecule has 0 radical (unpaired) electrons. The molecule has 0 aliphatic carbocycles. The van der Waals surface area contributed by atoms with Crippen LogP contribution in [0.3, 0.4) is 0 Å². The highest BCUT2D eigenvalue weighted by Gasteiger charge is 2.17. The molecular formula is C20H20N4O4S. The highest BCUT2D eigenvalue weighted by Crippen LogP contribution is 2.13. The summed E-state index contributed by atoms with van der Waals surface area (Å²) < 4.78 is 25.5. The Labute approximate surface area is 167 Å². The lowest BCUT2D eigenvalue weighted by Crippen LogP contribution is -2.41. The summed E-state index contributed by atoms with van der Waals surface area (Å²) in [6.07, 6.45) is 2.06. The van der Waals surface area contributed by atoms with Crippen LogP contribution in [0.4, 0.5) is 0 Å². The molecule has 1 heterocycles. The third kappa shape index (κ3) is 4.95. The Morgan fingerprint density at radius 1 is 1.07 bits per heavy atom. The average Bonchev–Trinajstić information content (AvgIpc) is 2.74. The van der Waals surface area contributed by atoms with Gasteiger partial charge in [0.25, 0.3) is 21.5 Å². The summed E-state index contributed by atoms with van der Waals surface area (Å²) in [6, 6.07) is 15.5. The predicted molar refractivity (Wildman–Crippen MR) is 111 cm³/mol. The van der Waals surface area contributed by atoms with Gasteiger partial charge in [-0.1, -0.05) is 55.5 Å². The molecule has 0 aliphatic heterocycles. The molecule has 1 amide bonds.